The molecule has 2 aromatic carbocycles. The molecule has 0 spiro atoms. The smallest absolute Gasteiger partial charge is 0.164 e. The highest BCUT2D eigenvalue weighted by Crippen LogP contribution is 2.16. The van der Waals surface area contributed by atoms with Gasteiger partial charge < -0.3 is 4.90 Å². The highest BCUT2D eigenvalue weighted by Gasteiger charge is 2.09. The SMILES string of the molecule is CCN(CCC(=O)c1ccc(Br)cc1)c1ccc(C)cc1. The summed E-state index contributed by atoms with van der Waals surface area (Å²) in [5.74, 6) is 0.188. The first-order chi connectivity index (χ1) is 10.1. The molecular formula is C18H20BrNO. The summed E-state index contributed by atoms with van der Waals surface area (Å²) in [5, 5.41) is 0. The summed E-state index contributed by atoms with van der Waals surface area (Å²) in [5.41, 5.74) is 3.20. The lowest BCUT2D eigenvalue weighted by Gasteiger charge is -2.23. The molecule has 0 radical (unpaired) electrons. The lowest BCUT2D eigenvalue weighted by Crippen LogP contribution is -2.25. The number of hydrogen-bond acceptors (Lipinski definition) is 2. The van der Waals surface area contributed by atoms with E-state index in [4.69, 9.17) is 0 Å². The fraction of sp³-hybridized carbons (Fsp3) is 0.278. The Bertz CT molecular complexity index is 590. The van der Waals surface area contributed by atoms with E-state index in [1.165, 1.54) is 11.3 Å². The highest BCUT2D eigenvalue weighted by molar-refractivity contribution is 9.10. The average Bonchev–Trinajstić information content (AvgIpc) is 2.50. The molecule has 0 N–H and O–H groups in total. The predicted octanol–water partition coefficient (Wildman–Crippen LogP) is 4.86. The van der Waals surface area contributed by atoms with E-state index in [-0.39, 0.29) is 5.78 Å². The van der Waals surface area contributed by atoms with Crippen LogP contribution in [0.1, 0.15) is 29.3 Å². The van der Waals surface area contributed by atoms with Crippen LogP contribution in [0.25, 0.3) is 0 Å². The number of carbonyl (C=O) groups is 1. The predicted molar refractivity (Wildman–Crippen MR) is 92.2 cm³/mol. The molecule has 0 heterocycles. The Labute approximate surface area is 134 Å². The number of hydrogen-bond donors (Lipinski definition) is 0. The van der Waals surface area contributed by atoms with Gasteiger partial charge in [0.1, 0.15) is 0 Å². The molecule has 0 aliphatic heterocycles. The molecule has 0 bridgehead atoms. The summed E-state index contributed by atoms with van der Waals surface area (Å²) in [6.45, 7) is 5.84. The van der Waals surface area contributed by atoms with Gasteiger partial charge >= 0.3 is 0 Å². The van der Waals surface area contributed by atoms with Crippen molar-refractivity contribution in [3.8, 4) is 0 Å². The molecule has 110 valence electrons. The molecule has 0 aliphatic carbocycles. The summed E-state index contributed by atoms with van der Waals surface area (Å²) in [6.07, 6.45) is 0.531. The molecule has 2 rings (SSSR count). The van der Waals surface area contributed by atoms with Crippen LogP contribution < -0.4 is 4.90 Å². The Kier molecular flexibility index (Phi) is 5.57. The maximum atomic E-state index is 12.2. The Morgan fingerprint density at radius 3 is 2.24 bits per heavy atom. The second kappa shape index (κ2) is 7.41. The molecule has 0 aliphatic rings. The highest BCUT2D eigenvalue weighted by atomic mass is 79.9. The number of benzene rings is 2. The average molecular weight is 346 g/mol. The van der Waals surface area contributed by atoms with Gasteiger partial charge in [-0.05, 0) is 38.1 Å². The summed E-state index contributed by atoms with van der Waals surface area (Å²) in [4.78, 5) is 14.5. The lowest BCUT2D eigenvalue weighted by atomic mass is 10.1. The fourth-order valence-corrected chi connectivity index (χ4v) is 2.51. The molecule has 0 unspecified atom stereocenters. The largest absolute Gasteiger partial charge is 0.371 e. The molecule has 0 saturated carbocycles. The molecule has 2 nitrogen and oxygen atoms in total. The van der Waals surface area contributed by atoms with Crippen LogP contribution in [-0.4, -0.2) is 18.9 Å². The van der Waals surface area contributed by atoms with Crippen molar-refractivity contribution in [3.63, 3.8) is 0 Å². The third-order valence-corrected chi connectivity index (χ3v) is 4.08. The second-order valence-electron chi connectivity index (χ2n) is 5.10. The quantitative estimate of drug-likeness (QED) is 0.697. The first-order valence-corrected chi connectivity index (χ1v) is 8.00. The number of rotatable bonds is 6. The zero-order valence-electron chi connectivity index (χ0n) is 12.5. The number of nitrogens with zero attached hydrogens (tertiary/aromatic N) is 1. The van der Waals surface area contributed by atoms with Crippen molar-refractivity contribution in [1.82, 2.24) is 0 Å². The van der Waals surface area contributed by atoms with Gasteiger partial charge in [0.2, 0.25) is 0 Å². The first kappa shape index (κ1) is 15.8. The van der Waals surface area contributed by atoms with Gasteiger partial charge in [0.05, 0.1) is 0 Å². The van der Waals surface area contributed by atoms with Crippen molar-refractivity contribution < 1.29 is 4.79 Å². The standard InChI is InChI=1S/C18H20BrNO/c1-3-20(17-10-4-14(2)5-11-17)13-12-18(21)15-6-8-16(19)9-7-15/h4-11H,3,12-13H2,1-2H3. The van der Waals surface area contributed by atoms with Crippen molar-refractivity contribution in [1.29, 1.82) is 0 Å². The normalized spacial score (nSPS) is 10.4. The minimum atomic E-state index is 0.188. The Morgan fingerprint density at radius 2 is 1.67 bits per heavy atom. The monoisotopic (exact) mass is 345 g/mol. The minimum Gasteiger partial charge on any atom is -0.371 e. The van der Waals surface area contributed by atoms with E-state index in [0.717, 1.165) is 23.1 Å². The Hall–Kier alpha value is -1.61. The molecule has 0 fully saturated rings. The lowest BCUT2D eigenvalue weighted by molar-refractivity contribution is 0.0984. The molecule has 0 saturated heterocycles. The number of halogens is 1. The molecule has 0 atom stereocenters. The van der Waals surface area contributed by atoms with Crippen LogP contribution in [0.2, 0.25) is 0 Å². The molecule has 21 heavy (non-hydrogen) atoms. The maximum absolute atomic E-state index is 12.2. The molecule has 0 amide bonds. The maximum Gasteiger partial charge on any atom is 0.164 e. The third kappa shape index (κ3) is 4.43. The van der Waals surface area contributed by atoms with Gasteiger partial charge in [-0.15, -0.1) is 0 Å². The number of aryl methyl sites for hydroxylation is 1. The second-order valence-corrected chi connectivity index (χ2v) is 6.01. The number of Topliss-reactive ketones (excluding diaryl/α,β-unsaturated/α-hetero) is 1. The number of anilines is 1. The number of carbonyl (C=O) groups excluding carboxylic acids is 1. The Morgan fingerprint density at radius 1 is 1.05 bits per heavy atom. The first-order valence-electron chi connectivity index (χ1n) is 7.20. The molecule has 0 aromatic heterocycles. The summed E-state index contributed by atoms with van der Waals surface area (Å²) >= 11 is 3.38. The van der Waals surface area contributed by atoms with Crippen molar-refractivity contribution in [2.45, 2.75) is 20.3 Å². The molecule has 2 aromatic rings. The summed E-state index contributed by atoms with van der Waals surface area (Å²) in [7, 11) is 0. The van der Waals surface area contributed by atoms with Crippen molar-refractivity contribution in [2.75, 3.05) is 18.0 Å². The van der Waals surface area contributed by atoms with Gasteiger partial charge in [0, 0.05) is 35.2 Å². The van der Waals surface area contributed by atoms with Crippen LogP contribution in [0.4, 0.5) is 5.69 Å². The van der Waals surface area contributed by atoms with Crippen LogP contribution in [0.5, 0.6) is 0 Å². The third-order valence-electron chi connectivity index (χ3n) is 3.56. The summed E-state index contributed by atoms with van der Waals surface area (Å²) < 4.78 is 0.994. The van der Waals surface area contributed by atoms with Gasteiger partial charge in [0.25, 0.3) is 0 Å². The molecular weight excluding hydrogens is 326 g/mol. The van der Waals surface area contributed by atoms with Gasteiger partial charge in [-0.25, -0.2) is 0 Å². The topological polar surface area (TPSA) is 20.3 Å². The van der Waals surface area contributed by atoms with Gasteiger partial charge in [-0.3, -0.25) is 4.79 Å². The van der Waals surface area contributed by atoms with Crippen LogP contribution in [0.15, 0.2) is 53.0 Å². The van der Waals surface area contributed by atoms with Crippen molar-refractivity contribution in [3.05, 3.63) is 64.1 Å². The van der Waals surface area contributed by atoms with Gasteiger partial charge in [-0.1, -0.05) is 45.8 Å². The van der Waals surface area contributed by atoms with E-state index >= 15 is 0 Å². The van der Waals surface area contributed by atoms with E-state index in [1.807, 2.05) is 24.3 Å². The van der Waals surface area contributed by atoms with Gasteiger partial charge in [0.15, 0.2) is 5.78 Å². The van der Waals surface area contributed by atoms with E-state index in [9.17, 15) is 4.79 Å². The number of ketones is 1. The molecule has 3 heteroatoms. The van der Waals surface area contributed by atoms with Crippen LogP contribution >= 0.6 is 15.9 Å². The van der Waals surface area contributed by atoms with Crippen LogP contribution in [0.3, 0.4) is 0 Å². The van der Waals surface area contributed by atoms with E-state index < -0.39 is 0 Å². The van der Waals surface area contributed by atoms with E-state index in [0.29, 0.717) is 6.42 Å². The zero-order valence-corrected chi connectivity index (χ0v) is 14.1. The fourth-order valence-electron chi connectivity index (χ4n) is 2.24. The zero-order chi connectivity index (χ0) is 15.2. The van der Waals surface area contributed by atoms with Crippen molar-refractivity contribution in [2.24, 2.45) is 0 Å². The minimum absolute atomic E-state index is 0.188. The summed E-state index contributed by atoms with van der Waals surface area (Å²) in [6, 6.07) is 16.0. The van der Waals surface area contributed by atoms with Gasteiger partial charge in [-0.2, -0.15) is 0 Å². The van der Waals surface area contributed by atoms with Crippen LogP contribution in [-0.2, 0) is 0 Å². The van der Waals surface area contributed by atoms with E-state index in [1.54, 1.807) is 0 Å². The van der Waals surface area contributed by atoms with Crippen molar-refractivity contribution >= 4 is 27.4 Å². The van der Waals surface area contributed by atoms with Crippen LogP contribution in [0, 0.1) is 6.92 Å². The van der Waals surface area contributed by atoms with E-state index in [2.05, 4.69) is 58.9 Å². The Balaban J connectivity index is 1.98.